The summed E-state index contributed by atoms with van der Waals surface area (Å²) in [5.41, 5.74) is -0.333. The standard InChI is InChI=1S/C5H6ClN3.C5H7N3O.C4H3Cl2N3.C3Cl3N3/c1-3-7-4(2)9-5(6)8-3;1-3-6-4(2)8-5(9)7-3;1-2-7-3(5)9-4(6)8-2;4-1-7-2(5)9-3(6)8-1/h1-2H3;1-2H3,(H,6,7,8,9);1H3;. The van der Waals surface area contributed by atoms with Crippen LogP contribution in [-0.4, -0.2) is 59.8 Å². The van der Waals surface area contributed by atoms with E-state index in [0.717, 1.165) is 0 Å². The number of H-pyrrole nitrogens is 1. The van der Waals surface area contributed by atoms with E-state index in [1.807, 2.05) is 0 Å². The van der Waals surface area contributed by atoms with Gasteiger partial charge in [0.25, 0.3) is 0 Å². The third kappa shape index (κ3) is 14.2. The number of aromatic amines is 1. The molecule has 0 aliphatic carbocycles. The Balaban J connectivity index is 0.000000240. The fraction of sp³-hybridized carbons (Fsp3) is 0.294. The predicted octanol–water partition coefficient (Wildman–Crippen LogP) is 4.24. The van der Waals surface area contributed by atoms with Crippen LogP contribution in [0.3, 0.4) is 0 Å². The zero-order valence-corrected chi connectivity index (χ0v) is 23.6. The van der Waals surface area contributed by atoms with Gasteiger partial charge in [0.05, 0.1) is 0 Å². The number of halogens is 6. The van der Waals surface area contributed by atoms with Crippen LogP contribution in [0.25, 0.3) is 0 Å². The van der Waals surface area contributed by atoms with Crippen molar-refractivity contribution in [2.24, 2.45) is 0 Å². The minimum absolute atomic E-state index is 0.000000000000000444. The van der Waals surface area contributed by atoms with Gasteiger partial charge in [-0.3, -0.25) is 4.98 Å². The molecule has 0 bridgehead atoms. The normalized spacial score (nSPS) is 9.64. The van der Waals surface area contributed by atoms with Crippen molar-refractivity contribution >= 4 is 69.6 Å². The molecule has 4 heterocycles. The lowest BCUT2D eigenvalue weighted by Gasteiger charge is -1.92. The van der Waals surface area contributed by atoms with E-state index in [4.69, 9.17) is 69.6 Å². The molecular weight excluding hydrogens is 601 g/mol. The van der Waals surface area contributed by atoms with Gasteiger partial charge in [0.15, 0.2) is 0 Å². The maximum absolute atomic E-state index is 10.5. The monoisotopic (exact) mass is 614 g/mol. The van der Waals surface area contributed by atoms with Crippen molar-refractivity contribution in [3.05, 3.63) is 71.3 Å². The minimum atomic E-state index is -0.333. The molecule has 13 nitrogen and oxygen atoms in total. The van der Waals surface area contributed by atoms with Crippen molar-refractivity contribution in [2.45, 2.75) is 34.6 Å². The van der Waals surface area contributed by atoms with Gasteiger partial charge < -0.3 is 0 Å². The van der Waals surface area contributed by atoms with Crippen LogP contribution in [-0.2, 0) is 0 Å². The maximum atomic E-state index is 10.5. The lowest BCUT2D eigenvalue weighted by molar-refractivity contribution is 0.879. The van der Waals surface area contributed by atoms with Crippen LogP contribution >= 0.6 is 69.6 Å². The Bertz CT molecular complexity index is 1060. The molecule has 0 unspecified atom stereocenters. The lowest BCUT2D eigenvalue weighted by Crippen LogP contribution is -2.14. The molecule has 0 saturated heterocycles. The Morgan fingerprint density at radius 1 is 0.417 bits per heavy atom. The summed E-state index contributed by atoms with van der Waals surface area (Å²) in [7, 11) is 0. The Kier molecular flexibility index (Phi) is 13.7. The third-order valence-corrected chi connectivity index (χ3v) is 3.97. The van der Waals surface area contributed by atoms with E-state index in [2.05, 4.69) is 59.8 Å². The van der Waals surface area contributed by atoms with Gasteiger partial charge in [-0.2, -0.15) is 24.9 Å². The number of hydrogen-bond acceptors (Lipinski definition) is 12. The number of hydrogen-bond donors (Lipinski definition) is 1. The molecule has 0 atom stereocenters. The van der Waals surface area contributed by atoms with Crippen molar-refractivity contribution in [1.82, 2.24) is 59.8 Å². The molecule has 4 aromatic rings. The topological polar surface area (TPSA) is 175 Å². The van der Waals surface area contributed by atoms with Gasteiger partial charge in [-0.15, -0.1) is 0 Å². The first-order chi connectivity index (χ1) is 16.7. The van der Waals surface area contributed by atoms with Crippen molar-refractivity contribution in [2.75, 3.05) is 0 Å². The van der Waals surface area contributed by atoms with E-state index in [9.17, 15) is 4.79 Å². The SMILES string of the molecule is Cc1nc(C)[nH]c(=O)n1.Cc1nc(C)nc(Cl)n1.Cc1nc(Cl)nc(Cl)n1.Clc1nc(Cl)nc(Cl)n1. The largest absolute Gasteiger partial charge is 0.348 e. The van der Waals surface area contributed by atoms with Crippen molar-refractivity contribution in [1.29, 1.82) is 0 Å². The van der Waals surface area contributed by atoms with E-state index >= 15 is 0 Å². The zero-order chi connectivity index (χ0) is 27.4. The van der Waals surface area contributed by atoms with Gasteiger partial charge in [-0.1, -0.05) is 0 Å². The van der Waals surface area contributed by atoms with Crippen LogP contribution in [0.1, 0.15) is 29.1 Å². The summed E-state index contributed by atoms with van der Waals surface area (Å²) in [6, 6.07) is 0. The summed E-state index contributed by atoms with van der Waals surface area (Å²) < 4.78 is 0. The van der Waals surface area contributed by atoms with Crippen LogP contribution in [0, 0.1) is 34.6 Å². The summed E-state index contributed by atoms with van der Waals surface area (Å²) in [4.78, 5) is 53.1. The summed E-state index contributed by atoms with van der Waals surface area (Å²) in [5, 5.41) is 0.528. The lowest BCUT2D eigenvalue weighted by atomic mass is 10.6. The van der Waals surface area contributed by atoms with Crippen LogP contribution in [0.4, 0.5) is 0 Å². The fourth-order valence-corrected chi connectivity index (χ4v) is 3.23. The number of aromatic nitrogens is 12. The molecule has 0 aliphatic heterocycles. The first-order valence-corrected chi connectivity index (χ1v) is 11.5. The number of rotatable bonds is 0. The van der Waals surface area contributed by atoms with E-state index in [-0.39, 0.29) is 37.4 Å². The van der Waals surface area contributed by atoms with Crippen LogP contribution < -0.4 is 5.69 Å². The summed E-state index contributed by atoms with van der Waals surface area (Å²) in [6.45, 7) is 8.65. The van der Waals surface area contributed by atoms with Crippen molar-refractivity contribution in [3.8, 4) is 0 Å². The molecule has 0 fully saturated rings. The Morgan fingerprint density at radius 3 is 0.972 bits per heavy atom. The Hall–Kier alpha value is -2.42. The summed E-state index contributed by atoms with van der Waals surface area (Å²) in [6.07, 6.45) is 0. The minimum Gasteiger partial charge on any atom is -0.294 e. The molecule has 0 aromatic carbocycles. The highest BCUT2D eigenvalue weighted by atomic mass is 35.5. The summed E-state index contributed by atoms with van der Waals surface area (Å²) in [5.74, 6) is 2.96. The fourth-order valence-electron chi connectivity index (χ4n) is 1.92. The third-order valence-electron chi connectivity index (χ3n) is 2.96. The molecule has 0 saturated carbocycles. The predicted molar refractivity (Wildman–Crippen MR) is 136 cm³/mol. The Labute approximate surface area is 234 Å². The number of aryl methyl sites for hydroxylation is 5. The average Bonchev–Trinajstić information content (AvgIpc) is 2.64. The molecular formula is C17H16Cl6N12O. The molecule has 0 radical (unpaired) electrons. The van der Waals surface area contributed by atoms with Gasteiger partial charge in [0, 0.05) is 0 Å². The molecule has 192 valence electrons. The first-order valence-electron chi connectivity index (χ1n) is 9.26. The quantitative estimate of drug-likeness (QED) is 0.298. The molecule has 36 heavy (non-hydrogen) atoms. The highest BCUT2D eigenvalue weighted by molar-refractivity contribution is 6.33. The van der Waals surface area contributed by atoms with Crippen LogP contribution in [0.15, 0.2) is 4.79 Å². The molecule has 0 aliphatic rings. The summed E-state index contributed by atoms with van der Waals surface area (Å²) >= 11 is 32.3. The highest BCUT2D eigenvalue weighted by Gasteiger charge is 1.98. The average molecular weight is 617 g/mol. The van der Waals surface area contributed by atoms with E-state index in [1.165, 1.54) is 0 Å². The first kappa shape index (κ1) is 31.6. The number of nitrogens with one attached hydrogen (secondary N) is 1. The van der Waals surface area contributed by atoms with Crippen molar-refractivity contribution < 1.29 is 0 Å². The van der Waals surface area contributed by atoms with Crippen LogP contribution in [0.5, 0.6) is 0 Å². The molecule has 19 heteroatoms. The number of nitrogens with zero attached hydrogens (tertiary/aromatic N) is 11. The van der Waals surface area contributed by atoms with E-state index in [0.29, 0.717) is 29.1 Å². The zero-order valence-electron chi connectivity index (χ0n) is 19.1. The second-order valence-corrected chi connectivity index (χ2v) is 8.08. The van der Waals surface area contributed by atoms with Gasteiger partial charge in [-0.25, -0.2) is 34.7 Å². The molecule has 4 rings (SSSR count). The molecule has 1 N–H and O–H groups in total. The van der Waals surface area contributed by atoms with E-state index in [1.54, 1.807) is 34.6 Å². The second kappa shape index (κ2) is 15.6. The second-order valence-electron chi connectivity index (χ2n) is 6.05. The maximum Gasteiger partial charge on any atom is 0.348 e. The molecule has 4 aromatic heterocycles. The smallest absolute Gasteiger partial charge is 0.294 e. The highest BCUT2D eigenvalue weighted by Crippen LogP contribution is 2.09. The van der Waals surface area contributed by atoms with Gasteiger partial charge in [-0.05, 0) is 104 Å². The van der Waals surface area contributed by atoms with Crippen molar-refractivity contribution in [3.63, 3.8) is 0 Å². The van der Waals surface area contributed by atoms with Gasteiger partial charge in [0.1, 0.15) is 29.1 Å². The molecule has 0 spiro atoms. The van der Waals surface area contributed by atoms with E-state index < -0.39 is 0 Å². The Morgan fingerprint density at radius 2 is 0.694 bits per heavy atom. The van der Waals surface area contributed by atoms with Gasteiger partial charge in [0.2, 0.25) is 31.7 Å². The van der Waals surface area contributed by atoms with Gasteiger partial charge >= 0.3 is 5.69 Å². The molecule has 0 amide bonds. The van der Waals surface area contributed by atoms with Crippen LogP contribution in [0.2, 0.25) is 31.7 Å².